The van der Waals surface area contributed by atoms with Crippen LogP contribution in [-0.4, -0.2) is 23.8 Å². The van der Waals surface area contributed by atoms with Crippen molar-refractivity contribution in [2.24, 2.45) is 0 Å². The Morgan fingerprint density at radius 3 is 2.54 bits per heavy atom. The Labute approximate surface area is 75.2 Å². The van der Waals surface area contributed by atoms with Crippen LogP contribution < -0.4 is 5.32 Å². The highest BCUT2D eigenvalue weighted by atomic mass is 19.1. The van der Waals surface area contributed by atoms with Gasteiger partial charge in [0.15, 0.2) is 6.04 Å². The van der Waals surface area contributed by atoms with Gasteiger partial charge in [-0.3, -0.25) is 0 Å². The van der Waals surface area contributed by atoms with Crippen molar-refractivity contribution in [1.82, 2.24) is 0 Å². The van der Waals surface area contributed by atoms with E-state index in [0.29, 0.717) is 5.69 Å². The summed E-state index contributed by atoms with van der Waals surface area (Å²) in [6, 6.07) is 7.51. The van der Waals surface area contributed by atoms with Gasteiger partial charge in [0.2, 0.25) is 0 Å². The van der Waals surface area contributed by atoms with Gasteiger partial charge in [0.05, 0.1) is 0 Å². The van der Waals surface area contributed by atoms with Crippen molar-refractivity contribution in [3.8, 4) is 0 Å². The van der Waals surface area contributed by atoms with Gasteiger partial charge in [-0.25, -0.2) is 9.18 Å². The molecule has 0 saturated carbocycles. The number of halogens is 1. The highest BCUT2D eigenvalue weighted by Gasteiger charge is 2.15. The summed E-state index contributed by atoms with van der Waals surface area (Å²) in [7, 11) is 0. The second kappa shape index (κ2) is 4.45. The van der Waals surface area contributed by atoms with Crippen LogP contribution in [0.3, 0.4) is 0 Å². The summed E-state index contributed by atoms with van der Waals surface area (Å²) in [5.74, 6) is -1.19. The molecule has 1 aromatic rings. The van der Waals surface area contributed by atoms with Gasteiger partial charge in [-0.2, -0.15) is 0 Å². The molecular weight excluding hydrogens is 173 g/mol. The van der Waals surface area contributed by atoms with Crippen LogP contribution in [0.25, 0.3) is 0 Å². The maximum absolute atomic E-state index is 12.2. The van der Waals surface area contributed by atoms with Crippen LogP contribution in [0.15, 0.2) is 30.3 Å². The van der Waals surface area contributed by atoms with Crippen LogP contribution in [0.5, 0.6) is 0 Å². The lowest BCUT2D eigenvalue weighted by Crippen LogP contribution is -2.31. The van der Waals surface area contributed by atoms with E-state index in [1.54, 1.807) is 30.3 Å². The highest BCUT2D eigenvalue weighted by Crippen LogP contribution is 2.07. The first-order valence-electron chi connectivity index (χ1n) is 3.84. The zero-order chi connectivity index (χ0) is 9.68. The van der Waals surface area contributed by atoms with Crippen molar-refractivity contribution in [3.63, 3.8) is 0 Å². The first kappa shape index (κ1) is 9.51. The molecule has 2 N–H and O–H groups in total. The van der Waals surface area contributed by atoms with Crippen molar-refractivity contribution in [1.29, 1.82) is 0 Å². The molecule has 0 unspecified atom stereocenters. The summed E-state index contributed by atoms with van der Waals surface area (Å²) < 4.78 is 12.2. The molecule has 0 aliphatic rings. The Morgan fingerprint density at radius 2 is 2.08 bits per heavy atom. The second-order valence-electron chi connectivity index (χ2n) is 2.56. The molecule has 13 heavy (non-hydrogen) atoms. The number of carboxylic acid groups (broad SMARTS) is 1. The summed E-state index contributed by atoms with van der Waals surface area (Å²) >= 11 is 0. The number of para-hydroxylation sites is 1. The van der Waals surface area contributed by atoms with Crippen molar-refractivity contribution in [2.45, 2.75) is 6.04 Å². The monoisotopic (exact) mass is 183 g/mol. The van der Waals surface area contributed by atoms with E-state index in [2.05, 4.69) is 5.32 Å². The Hall–Kier alpha value is -1.58. The Bertz CT molecular complexity index is 276. The number of rotatable bonds is 4. The van der Waals surface area contributed by atoms with Crippen LogP contribution in [-0.2, 0) is 4.79 Å². The van der Waals surface area contributed by atoms with Gasteiger partial charge >= 0.3 is 5.97 Å². The minimum absolute atomic E-state index is 0.604. The summed E-state index contributed by atoms with van der Waals surface area (Å²) in [6.45, 7) is -0.926. The smallest absolute Gasteiger partial charge is 0.328 e. The Kier molecular flexibility index (Phi) is 3.25. The lowest BCUT2D eigenvalue weighted by Gasteiger charge is -2.11. The van der Waals surface area contributed by atoms with Crippen LogP contribution in [0.2, 0.25) is 0 Å². The molecule has 0 amide bonds. The van der Waals surface area contributed by atoms with Crippen LogP contribution in [0, 0.1) is 0 Å². The van der Waals surface area contributed by atoms with E-state index in [0.717, 1.165) is 0 Å². The van der Waals surface area contributed by atoms with Gasteiger partial charge in [0, 0.05) is 5.69 Å². The predicted octanol–water partition coefficient (Wildman–Crippen LogP) is 1.52. The van der Waals surface area contributed by atoms with E-state index in [-0.39, 0.29) is 0 Å². The maximum Gasteiger partial charge on any atom is 0.328 e. The number of hydrogen-bond donors (Lipinski definition) is 2. The topological polar surface area (TPSA) is 49.3 Å². The molecule has 1 aromatic carbocycles. The minimum atomic E-state index is -1.19. The molecule has 0 heterocycles. The molecule has 0 aromatic heterocycles. The van der Waals surface area contributed by atoms with Gasteiger partial charge in [-0.1, -0.05) is 18.2 Å². The second-order valence-corrected chi connectivity index (χ2v) is 2.56. The summed E-state index contributed by atoms with van der Waals surface area (Å²) in [4.78, 5) is 10.4. The number of benzene rings is 1. The van der Waals surface area contributed by atoms with Gasteiger partial charge < -0.3 is 10.4 Å². The molecule has 70 valence electrons. The molecule has 0 saturated heterocycles. The number of aliphatic carboxylic acids is 1. The van der Waals surface area contributed by atoms with Gasteiger partial charge in [-0.05, 0) is 12.1 Å². The molecule has 3 nitrogen and oxygen atoms in total. The number of alkyl halides is 1. The third-order valence-corrected chi connectivity index (χ3v) is 1.57. The van der Waals surface area contributed by atoms with E-state index in [4.69, 9.17) is 5.11 Å². The largest absolute Gasteiger partial charge is 0.480 e. The number of hydrogen-bond acceptors (Lipinski definition) is 2. The lowest BCUT2D eigenvalue weighted by molar-refractivity contribution is -0.138. The molecule has 0 aliphatic heterocycles. The molecule has 0 radical (unpaired) electrons. The number of carbonyl (C=O) groups is 1. The molecule has 0 bridgehead atoms. The molecule has 4 heteroatoms. The van der Waals surface area contributed by atoms with E-state index < -0.39 is 18.7 Å². The SMILES string of the molecule is O=C(O)[C@H](CF)Nc1ccccc1. The first-order valence-corrected chi connectivity index (χ1v) is 3.84. The molecular formula is C9H10FNO2. The minimum Gasteiger partial charge on any atom is -0.480 e. The normalized spacial score (nSPS) is 12.1. The van der Waals surface area contributed by atoms with Crippen LogP contribution >= 0.6 is 0 Å². The first-order chi connectivity index (χ1) is 6.24. The summed E-state index contributed by atoms with van der Waals surface area (Å²) in [5.41, 5.74) is 0.604. The van der Waals surface area contributed by atoms with E-state index in [1.165, 1.54) is 0 Å². The lowest BCUT2D eigenvalue weighted by atomic mass is 10.2. The van der Waals surface area contributed by atoms with E-state index >= 15 is 0 Å². The zero-order valence-electron chi connectivity index (χ0n) is 6.90. The summed E-state index contributed by atoms with van der Waals surface area (Å²) in [5, 5.41) is 11.1. The quantitative estimate of drug-likeness (QED) is 0.744. The standard InChI is InChI=1S/C9H10FNO2/c10-6-8(9(12)13)11-7-4-2-1-3-5-7/h1-5,8,11H,6H2,(H,12,13)/t8-/m0/s1. The third-order valence-electron chi connectivity index (χ3n) is 1.57. The van der Waals surface area contributed by atoms with Gasteiger partial charge in [0.25, 0.3) is 0 Å². The Balaban J connectivity index is 2.62. The zero-order valence-corrected chi connectivity index (χ0v) is 6.90. The van der Waals surface area contributed by atoms with E-state index in [9.17, 15) is 9.18 Å². The molecule has 1 rings (SSSR count). The average molecular weight is 183 g/mol. The van der Waals surface area contributed by atoms with Crippen molar-refractivity contribution < 1.29 is 14.3 Å². The Morgan fingerprint density at radius 1 is 1.46 bits per heavy atom. The number of anilines is 1. The summed E-state index contributed by atoms with van der Waals surface area (Å²) in [6.07, 6.45) is 0. The van der Waals surface area contributed by atoms with Crippen LogP contribution in [0.4, 0.5) is 10.1 Å². The van der Waals surface area contributed by atoms with E-state index in [1.807, 2.05) is 0 Å². The fourth-order valence-corrected chi connectivity index (χ4v) is 0.902. The number of carboxylic acids is 1. The average Bonchev–Trinajstić information content (AvgIpc) is 2.15. The van der Waals surface area contributed by atoms with Crippen molar-refractivity contribution in [2.75, 3.05) is 12.0 Å². The maximum atomic E-state index is 12.2. The molecule has 1 atom stereocenters. The van der Waals surface area contributed by atoms with Crippen molar-refractivity contribution in [3.05, 3.63) is 30.3 Å². The van der Waals surface area contributed by atoms with Crippen LogP contribution in [0.1, 0.15) is 0 Å². The van der Waals surface area contributed by atoms with Crippen molar-refractivity contribution >= 4 is 11.7 Å². The fraction of sp³-hybridized carbons (Fsp3) is 0.222. The molecule has 0 aliphatic carbocycles. The molecule has 0 spiro atoms. The third kappa shape index (κ3) is 2.74. The van der Waals surface area contributed by atoms with Gasteiger partial charge in [0.1, 0.15) is 6.67 Å². The fourth-order valence-electron chi connectivity index (χ4n) is 0.902. The highest BCUT2D eigenvalue weighted by molar-refractivity contribution is 5.77. The molecule has 0 fully saturated rings. The predicted molar refractivity (Wildman–Crippen MR) is 47.5 cm³/mol. The number of nitrogens with one attached hydrogen (secondary N) is 1. The van der Waals surface area contributed by atoms with Gasteiger partial charge in [-0.15, -0.1) is 0 Å².